The molecule has 5 heteroatoms. The Kier molecular flexibility index (Phi) is 5.06. The molecule has 112 valence electrons. The van der Waals surface area contributed by atoms with Gasteiger partial charge >= 0.3 is 0 Å². The number of ether oxygens (including phenoxy) is 1. The van der Waals surface area contributed by atoms with Crippen LogP contribution in [0.1, 0.15) is 22.6 Å². The normalized spacial score (nSPS) is 16.0. The fraction of sp³-hybridized carbons (Fsp3) is 0.438. The number of thiophene rings is 2. The van der Waals surface area contributed by atoms with Crippen LogP contribution < -0.4 is 0 Å². The maximum atomic E-state index is 12.7. The lowest BCUT2D eigenvalue weighted by molar-refractivity contribution is -0.135. The minimum Gasteiger partial charge on any atom is -0.381 e. The summed E-state index contributed by atoms with van der Waals surface area (Å²) in [4.78, 5) is 17.2. The van der Waals surface area contributed by atoms with Crippen LogP contribution in [0.25, 0.3) is 0 Å². The van der Waals surface area contributed by atoms with Gasteiger partial charge in [0.2, 0.25) is 5.91 Å². The van der Waals surface area contributed by atoms with E-state index in [0.29, 0.717) is 12.5 Å². The molecule has 0 bridgehead atoms. The molecule has 3 heterocycles. The average Bonchev–Trinajstić information content (AvgIpc) is 3.19. The van der Waals surface area contributed by atoms with E-state index in [9.17, 15) is 4.79 Å². The Morgan fingerprint density at radius 1 is 1.14 bits per heavy atom. The zero-order valence-corrected chi connectivity index (χ0v) is 13.5. The van der Waals surface area contributed by atoms with Gasteiger partial charge < -0.3 is 9.64 Å². The third kappa shape index (κ3) is 3.93. The van der Waals surface area contributed by atoms with Crippen LogP contribution in [-0.2, 0) is 22.5 Å². The molecule has 0 aromatic carbocycles. The van der Waals surface area contributed by atoms with E-state index in [1.165, 1.54) is 4.88 Å². The van der Waals surface area contributed by atoms with E-state index in [4.69, 9.17) is 4.74 Å². The third-order valence-electron chi connectivity index (χ3n) is 3.76. The molecule has 1 amide bonds. The Bertz CT molecular complexity index is 545. The van der Waals surface area contributed by atoms with Crippen molar-refractivity contribution in [2.45, 2.75) is 31.8 Å². The van der Waals surface area contributed by atoms with Gasteiger partial charge in [0.25, 0.3) is 0 Å². The Balaban J connectivity index is 1.72. The Labute approximate surface area is 133 Å². The molecule has 2 aromatic rings. The second-order valence-corrected chi connectivity index (χ2v) is 7.27. The molecular weight excluding hydrogens is 302 g/mol. The van der Waals surface area contributed by atoms with Gasteiger partial charge in [-0.3, -0.25) is 4.79 Å². The van der Waals surface area contributed by atoms with Crippen LogP contribution in [0.2, 0.25) is 0 Å². The standard InChI is InChI=1S/C16H19NO2S2/c18-16(11-14-3-1-9-20-14)17(12-15-4-2-10-21-15)13-5-7-19-8-6-13/h1-4,9-10,13H,5-8,11-12H2. The van der Waals surface area contributed by atoms with Crippen molar-refractivity contribution < 1.29 is 9.53 Å². The lowest BCUT2D eigenvalue weighted by Gasteiger charge is -2.34. The smallest absolute Gasteiger partial charge is 0.228 e. The SMILES string of the molecule is O=C(Cc1cccs1)N(Cc1cccs1)C1CCOCC1. The molecule has 0 saturated carbocycles. The first-order valence-corrected chi connectivity index (χ1v) is 9.01. The van der Waals surface area contributed by atoms with Crippen molar-refractivity contribution in [1.29, 1.82) is 0 Å². The summed E-state index contributed by atoms with van der Waals surface area (Å²) in [6.07, 6.45) is 2.41. The number of carbonyl (C=O) groups excluding carboxylic acids is 1. The molecule has 1 saturated heterocycles. The molecule has 1 aliphatic heterocycles. The summed E-state index contributed by atoms with van der Waals surface area (Å²) in [5.74, 6) is 0.234. The predicted octanol–water partition coefficient (Wildman–Crippen LogP) is 3.56. The van der Waals surface area contributed by atoms with E-state index in [2.05, 4.69) is 16.3 Å². The van der Waals surface area contributed by atoms with Gasteiger partial charge in [-0.1, -0.05) is 12.1 Å². The van der Waals surface area contributed by atoms with Gasteiger partial charge in [0.1, 0.15) is 0 Å². The summed E-state index contributed by atoms with van der Waals surface area (Å²) in [5, 5.41) is 4.10. The van der Waals surface area contributed by atoms with Crippen molar-refractivity contribution in [2.75, 3.05) is 13.2 Å². The molecule has 1 fully saturated rings. The molecule has 0 spiro atoms. The molecule has 0 N–H and O–H groups in total. The van der Waals surface area contributed by atoms with Crippen LogP contribution in [0.4, 0.5) is 0 Å². The number of hydrogen-bond acceptors (Lipinski definition) is 4. The first-order valence-electron chi connectivity index (χ1n) is 7.25. The van der Waals surface area contributed by atoms with Crippen molar-refractivity contribution in [3.05, 3.63) is 44.8 Å². The molecular formula is C16H19NO2S2. The lowest BCUT2D eigenvalue weighted by Crippen LogP contribution is -2.43. The van der Waals surface area contributed by atoms with Gasteiger partial charge in [0, 0.05) is 29.0 Å². The van der Waals surface area contributed by atoms with E-state index in [-0.39, 0.29) is 5.91 Å². The van der Waals surface area contributed by atoms with Crippen molar-refractivity contribution >= 4 is 28.6 Å². The molecule has 0 radical (unpaired) electrons. The topological polar surface area (TPSA) is 29.5 Å². The van der Waals surface area contributed by atoms with E-state index in [0.717, 1.165) is 37.5 Å². The first-order chi connectivity index (χ1) is 10.3. The fourth-order valence-electron chi connectivity index (χ4n) is 2.65. The highest BCUT2D eigenvalue weighted by atomic mass is 32.1. The molecule has 3 rings (SSSR count). The largest absolute Gasteiger partial charge is 0.381 e. The van der Waals surface area contributed by atoms with Crippen molar-refractivity contribution in [3.8, 4) is 0 Å². The first kappa shape index (κ1) is 14.8. The zero-order chi connectivity index (χ0) is 14.5. The monoisotopic (exact) mass is 321 g/mol. The quantitative estimate of drug-likeness (QED) is 0.843. The maximum absolute atomic E-state index is 12.7. The summed E-state index contributed by atoms with van der Waals surface area (Å²) in [7, 11) is 0. The van der Waals surface area contributed by atoms with Crippen molar-refractivity contribution in [2.24, 2.45) is 0 Å². The number of carbonyl (C=O) groups is 1. The van der Waals surface area contributed by atoms with Crippen LogP contribution in [0, 0.1) is 0 Å². The number of hydrogen-bond donors (Lipinski definition) is 0. The molecule has 0 atom stereocenters. The number of nitrogens with zero attached hydrogens (tertiary/aromatic N) is 1. The molecule has 1 aliphatic rings. The maximum Gasteiger partial charge on any atom is 0.228 e. The minimum atomic E-state index is 0.234. The summed E-state index contributed by atoms with van der Waals surface area (Å²) in [5.41, 5.74) is 0. The van der Waals surface area contributed by atoms with Crippen LogP contribution in [-0.4, -0.2) is 30.1 Å². The highest BCUT2D eigenvalue weighted by molar-refractivity contribution is 7.10. The Morgan fingerprint density at radius 3 is 2.43 bits per heavy atom. The van der Waals surface area contributed by atoms with Crippen LogP contribution in [0.3, 0.4) is 0 Å². The second kappa shape index (κ2) is 7.20. The highest BCUT2D eigenvalue weighted by Gasteiger charge is 2.26. The molecule has 3 nitrogen and oxygen atoms in total. The van der Waals surface area contributed by atoms with Crippen molar-refractivity contribution in [1.82, 2.24) is 4.90 Å². The molecule has 2 aromatic heterocycles. The Morgan fingerprint density at radius 2 is 1.81 bits per heavy atom. The van der Waals surface area contributed by atoms with Gasteiger partial charge in [0.05, 0.1) is 13.0 Å². The van der Waals surface area contributed by atoms with Crippen LogP contribution in [0.15, 0.2) is 35.0 Å². The van der Waals surface area contributed by atoms with Gasteiger partial charge in [-0.15, -0.1) is 22.7 Å². The van der Waals surface area contributed by atoms with Gasteiger partial charge in [-0.05, 0) is 35.7 Å². The molecule has 21 heavy (non-hydrogen) atoms. The van der Waals surface area contributed by atoms with E-state index >= 15 is 0 Å². The summed E-state index contributed by atoms with van der Waals surface area (Å²) in [6, 6.07) is 8.51. The molecule has 0 aliphatic carbocycles. The number of rotatable bonds is 5. The Hall–Kier alpha value is -1.17. The lowest BCUT2D eigenvalue weighted by atomic mass is 10.1. The van der Waals surface area contributed by atoms with E-state index < -0.39 is 0 Å². The van der Waals surface area contributed by atoms with E-state index in [1.54, 1.807) is 22.7 Å². The third-order valence-corrected chi connectivity index (χ3v) is 5.50. The van der Waals surface area contributed by atoms with Crippen molar-refractivity contribution in [3.63, 3.8) is 0 Å². The number of amides is 1. The van der Waals surface area contributed by atoms with E-state index in [1.807, 2.05) is 23.6 Å². The fourth-order valence-corrected chi connectivity index (χ4v) is 4.05. The van der Waals surface area contributed by atoms with Crippen LogP contribution in [0.5, 0.6) is 0 Å². The van der Waals surface area contributed by atoms with Crippen LogP contribution >= 0.6 is 22.7 Å². The summed E-state index contributed by atoms with van der Waals surface area (Å²) in [6.45, 7) is 2.25. The summed E-state index contributed by atoms with van der Waals surface area (Å²) >= 11 is 3.37. The van der Waals surface area contributed by atoms with Gasteiger partial charge in [-0.2, -0.15) is 0 Å². The van der Waals surface area contributed by atoms with Gasteiger partial charge in [-0.25, -0.2) is 0 Å². The molecule has 0 unspecified atom stereocenters. The second-order valence-electron chi connectivity index (χ2n) is 5.20. The summed E-state index contributed by atoms with van der Waals surface area (Å²) < 4.78 is 5.44. The highest BCUT2D eigenvalue weighted by Crippen LogP contribution is 2.22. The predicted molar refractivity (Wildman–Crippen MR) is 86.7 cm³/mol. The van der Waals surface area contributed by atoms with Gasteiger partial charge in [0.15, 0.2) is 0 Å². The zero-order valence-electron chi connectivity index (χ0n) is 11.9. The minimum absolute atomic E-state index is 0.234. The average molecular weight is 321 g/mol.